The zero-order valence-electron chi connectivity index (χ0n) is 10.2. The van der Waals surface area contributed by atoms with Crippen molar-refractivity contribution >= 4 is 29.0 Å². The predicted molar refractivity (Wildman–Crippen MR) is 73.4 cm³/mol. The Bertz CT molecular complexity index is 727. The normalized spacial score (nSPS) is 10.4. The number of methoxy groups -OCH3 is 1. The van der Waals surface area contributed by atoms with Crippen molar-refractivity contribution in [2.75, 3.05) is 7.11 Å². The minimum atomic E-state index is -0.454. The Morgan fingerprint density at radius 3 is 2.45 bits per heavy atom. The first-order chi connectivity index (χ1) is 9.79. The number of esters is 1. The summed E-state index contributed by atoms with van der Waals surface area (Å²) < 4.78 is 12.4. The van der Waals surface area contributed by atoms with Gasteiger partial charge in [-0.1, -0.05) is 8.98 Å². The zero-order chi connectivity index (χ0) is 13.9. The summed E-state index contributed by atoms with van der Waals surface area (Å²) >= 11 is 2.45. The van der Waals surface area contributed by atoms with Crippen LogP contribution in [0.3, 0.4) is 0 Å². The number of nitrogens with zero attached hydrogens (tertiary/aromatic N) is 5. The molecule has 0 N–H and O–H groups in total. The summed E-state index contributed by atoms with van der Waals surface area (Å²) in [6, 6.07) is 1.67. The highest BCUT2D eigenvalue weighted by atomic mass is 32.1. The molecule has 3 aromatic heterocycles. The highest BCUT2D eigenvalue weighted by Gasteiger charge is 2.17. The van der Waals surface area contributed by atoms with E-state index >= 15 is 0 Å². The maximum Gasteiger partial charge on any atom is 0.339 e. The first-order valence-corrected chi connectivity index (χ1v) is 7.10. The maximum atomic E-state index is 11.6. The Hall–Kier alpha value is -2.26. The first-order valence-electron chi connectivity index (χ1n) is 5.43. The molecular weight excluding hydrogens is 298 g/mol. The van der Waals surface area contributed by atoms with Crippen molar-refractivity contribution in [1.82, 2.24) is 24.2 Å². The van der Waals surface area contributed by atoms with Crippen molar-refractivity contribution in [2.45, 2.75) is 0 Å². The van der Waals surface area contributed by atoms with E-state index < -0.39 is 5.97 Å². The molecule has 3 aromatic rings. The molecule has 0 bridgehead atoms. The minimum Gasteiger partial charge on any atom is -0.465 e. The van der Waals surface area contributed by atoms with Crippen LogP contribution in [-0.2, 0) is 4.74 Å². The fraction of sp³-hybridized carbons (Fsp3) is 0.0909. The minimum absolute atomic E-state index is 0.349. The van der Waals surface area contributed by atoms with E-state index in [1.807, 2.05) is 0 Å². The van der Waals surface area contributed by atoms with Gasteiger partial charge in [0, 0.05) is 22.5 Å². The van der Waals surface area contributed by atoms with Gasteiger partial charge in [-0.2, -0.15) is 0 Å². The first kappa shape index (κ1) is 12.8. The molecule has 0 atom stereocenters. The van der Waals surface area contributed by atoms with Gasteiger partial charge in [0.25, 0.3) is 0 Å². The monoisotopic (exact) mass is 305 g/mol. The Morgan fingerprint density at radius 2 is 1.85 bits per heavy atom. The molecule has 0 aliphatic heterocycles. The van der Waals surface area contributed by atoms with E-state index in [1.165, 1.54) is 36.4 Å². The van der Waals surface area contributed by atoms with Crippen LogP contribution >= 0.6 is 23.1 Å². The lowest BCUT2D eigenvalue weighted by Gasteiger charge is -2.05. The van der Waals surface area contributed by atoms with E-state index in [0.29, 0.717) is 28.2 Å². The van der Waals surface area contributed by atoms with E-state index in [-0.39, 0.29) is 0 Å². The lowest BCUT2D eigenvalue weighted by atomic mass is 10.1. The van der Waals surface area contributed by atoms with Gasteiger partial charge in [0.05, 0.1) is 12.7 Å². The van der Waals surface area contributed by atoms with Crippen molar-refractivity contribution in [3.8, 4) is 22.6 Å². The molecule has 0 amide bonds. The van der Waals surface area contributed by atoms with Crippen molar-refractivity contribution in [3.05, 3.63) is 28.6 Å². The van der Waals surface area contributed by atoms with Crippen LogP contribution in [0.4, 0.5) is 0 Å². The highest BCUT2D eigenvalue weighted by Crippen LogP contribution is 2.29. The molecule has 3 heterocycles. The lowest BCUT2D eigenvalue weighted by Crippen LogP contribution is -2.03. The molecule has 0 aliphatic rings. The van der Waals surface area contributed by atoms with Gasteiger partial charge in [-0.25, -0.2) is 4.79 Å². The quantitative estimate of drug-likeness (QED) is 0.682. The summed E-state index contributed by atoms with van der Waals surface area (Å²) in [5.41, 5.74) is 2.90. The van der Waals surface area contributed by atoms with Gasteiger partial charge in [-0.15, -0.1) is 10.2 Å². The van der Waals surface area contributed by atoms with Gasteiger partial charge in [0.2, 0.25) is 0 Å². The van der Waals surface area contributed by atoms with Crippen LogP contribution in [0.25, 0.3) is 22.6 Å². The van der Waals surface area contributed by atoms with Crippen LogP contribution in [0.5, 0.6) is 0 Å². The molecule has 0 saturated heterocycles. The van der Waals surface area contributed by atoms with E-state index in [9.17, 15) is 4.79 Å². The molecule has 7 nitrogen and oxygen atoms in total. The predicted octanol–water partition coefficient (Wildman–Crippen LogP) is 1.91. The van der Waals surface area contributed by atoms with Crippen LogP contribution in [0.2, 0.25) is 0 Å². The Balaban J connectivity index is 2.18. The largest absolute Gasteiger partial charge is 0.465 e. The van der Waals surface area contributed by atoms with Gasteiger partial charge >= 0.3 is 5.97 Å². The van der Waals surface area contributed by atoms with Gasteiger partial charge in [-0.3, -0.25) is 4.98 Å². The van der Waals surface area contributed by atoms with Crippen LogP contribution < -0.4 is 0 Å². The maximum absolute atomic E-state index is 11.6. The number of hydrogen-bond donors (Lipinski definition) is 0. The lowest BCUT2D eigenvalue weighted by molar-refractivity contribution is 0.0600. The summed E-state index contributed by atoms with van der Waals surface area (Å²) in [5, 5.41) is 11.6. The Morgan fingerprint density at radius 1 is 1.15 bits per heavy atom. The number of carbonyl (C=O) groups excluding carboxylic acids is 1. The second kappa shape index (κ2) is 5.39. The second-order valence-corrected chi connectivity index (χ2v) is 4.91. The topological polar surface area (TPSA) is 90.8 Å². The third-order valence-corrected chi connectivity index (χ3v) is 3.56. The van der Waals surface area contributed by atoms with Gasteiger partial charge in [-0.05, 0) is 29.1 Å². The van der Waals surface area contributed by atoms with Crippen molar-refractivity contribution in [2.24, 2.45) is 0 Å². The molecule has 9 heteroatoms. The van der Waals surface area contributed by atoms with Crippen molar-refractivity contribution in [3.63, 3.8) is 0 Å². The number of ether oxygens (including phenoxy) is 1. The third kappa shape index (κ3) is 2.28. The highest BCUT2D eigenvalue weighted by molar-refractivity contribution is 7.04. The summed E-state index contributed by atoms with van der Waals surface area (Å²) in [6.45, 7) is 0. The van der Waals surface area contributed by atoms with Gasteiger partial charge < -0.3 is 4.74 Å². The molecule has 0 saturated carbocycles. The average molecular weight is 305 g/mol. The number of pyridine rings is 1. The second-order valence-electron chi connectivity index (χ2n) is 3.69. The molecule has 100 valence electrons. The molecule has 0 spiro atoms. The SMILES string of the molecule is COC(=O)c1cnc(-c2csnn2)c(-c2csnn2)c1. The molecule has 0 unspecified atom stereocenters. The molecule has 3 rings (SSSR count). The molecule has 0 radical (unpaired) electrons. The Labute approximate surface area is 121 Å². The molecule has 0 aromatic carbocycles. The number of rotatable bonds is 3. The van der Waals surface area contributed by atoms with Crippen LogP contribution in [0.1, 0.15) is 10.4 Å². The van der Waals surface area contributed by atoms with E-state index in [1.54, 1.807) is 16.8 Å². The molecular formula is C11H7N5O2S2. The fourth-order valence-corrected chi connectivity index (χ4v) is 2.54. The Kier molecular flexibility index (Phi) is 3.44. The fourth-order valence-electron chi connectivity index (χ4n) is 1.64. The van der Waals surface area contributed by atoms with Crippen molar-refractivity contribution in [1.29, 1.82) is 0 Å². The standard InChI is InChI=1S/C11H7N5O2S2/c1-18-11(17)6-2-7(8-4-19-15-13-8)10(12-3-6)9-5-20-16-14-9/h2-5H,1H3. The zero-order valence-corrected chi connectivity index (χ0v) is 11.8. The average Bonchev–Trinajstić information content (AvgIpc) is 3.18. The van der Waals surface area contributed by atoms with E-state index in [2.05, 4.69) is 24.2 Å². The smallest absolute Gasteiger partial charge is 0.339 e. The van der Waals surface area contributed by atoms with Crippen LogP contribution in [-0.4, -0.2) is 37.2 Å². The third-order valence-electron chi connectivity index (χ3n) is 2.55. The molecule has 20 heavy (non-hydrogen) atoms. The number of hydrogen-bond acceptors (Lipinski definition) is 9. The van der Waals surface area contributed by atoms with Crippen LogP contribution in [0.15, 0.2) is 23.0 Å². The molecule has 0 aliphatic carbocycles. The van der Waals surface area contributed by atoms with Crippen LogP contribution in [0, 0.1) is 0 Å². The molecule has 0 fully saturated rings. The van der Waals surface area contributed by atoms with Crippen molar-refractivity contribution < 1.29 is 9.53 Å². The number of aromatic nitrogens is 5. The van der Waals surface area contributed by atoms with Gasteiger partial charge in [0.1, 0.15) is 17.1 Å². The van der Waals surface area contributed by atoms with Gasteiger partial charge in [0.15, 0.2) is 0 Å². The summed E-state index contributed by atoms with van der Waals surface area (Å²) in [4.78, 5) is 15.9. The summed E-state index contributed by atoms with van der Waals surface area (Å²) in [6.07, 6.45) is 1.45. The van der Waals surface area contributed by atoms with E-state index in [0.717, 1.165) is 0 Å². The summed E-state index contributed by atoms with van der Waals surface area (Å²) in [7, 11) is 1.32. The number of carbonyl (C=O) groups is 1. The summed E-state index contributed by atoms with van der Waals surface area (Å²) in [5.74, 6) is -0.454. The van der Waals surface area contributed by atoms with E-state index in [4.69, 9.17) is 4.74 Å².